The van der Waals surface area contributed by atoms with Crippen LogP contribution in [0.5, 0.6) is 11.5 Å². The lowest BCUT2D eigenvalue weighted by molar-refractivity contribution is -0.139. The van der Waals surface area contributed by atoms with Crippen molar-refractivity contribution in [3.05, 3.63) is 101 Å². The molecule has 1 aliphatic rings. The zero-order chi connectivity index (χ0) is 26.5. The van der Waals surface area contributed by atoms with Gasteiger partial charge in [-0.2, -0.15) is 0 Å². The number of ketones is 1. The summed E-state index contributed by atoms with van der Waals surface area (Å²) in [7, 11) is 4.39. The average Bonchev–Trinajstić information content (AvgIpc) is 3.20. The van der Waals surface area contributed by atoms with E-state index < -0.39 is 23.7 Å². The number of benzene rings is 3. The summed E-state index contributed by atoms with van der Waals surface area (Å²) >= 11 is 0. The maximum Gasteiger partial charge on any atom is 0.337 e. The topological polar surface area (TPSA) is 102 Å². The molecule has 8 nitrogen and oxygen atoms in total. The fourth-order valence-electron chi connectivity index (χ4n) is 4.41. The molecular weight excluding hydrogens is 474 g/mol. The average molecular weight is 502 g/mol. The van der Waals surface area contributed by atoms with E-state index in [-0.39, 0.29) is 17.9 Å². The Balaban J connectivity index is 1.74. The maximum atomic E-state index is 13.2. The number of methoxy groups -OCH3 is 3. The Hall–Kier alpha value is -4.59. The normalized spacial score (nSPS) is 16.5. The Morgan fingerprint density at radius 2 is 1.54 bits per heavy atom. The van der Waals surface area contributed by atoms with Crippen molar-refractivity contribution in [2.75, 3.05) is 27.9 Å². The molecule has 1 fully saturated rings. The molecule has 37 heavy (non-hydrogen) atoms. The molecule has 8 heteroatoms. The number of hydrogen-bond donors (Lipinski definition) is 1. The number of Topliss-reactive ketones (excluding diaryl/α,β-unsaturated/α-hetero) is 1. The zero-order valence-corrected chi connectivity index (χ0v) is 20.8. The monoisotopic (exact) mass is 501 g/mol. The molecule has 3 aromatic rings. The standard InChI is InChI=1S/C29H27NO7/c1-35-22-14-9-18(17-23(22)36-2)15-16-30-25(19-10-12-21(13-11-19)29(34)37-3)24(27(32)28(30)33)26(31)20-7-5-4-6-8-20/h4-14,17,25,31H,15-16H2,1-3H3/t25-/m0/s1. The van der Waals surface area contributed by atoms with Crippen molar-refractivity contribution in [1.82, 2.24) is 4.90 Å². The summed E-state index contributed by atoms with van der Waals surface area (Å²) in [4.78, 5) is 39.8. The Morgan fingerprint density at radius 3 is 2.16 bits per heavy atom. The second-order valence-corrected chi connectivity index (χ2v) is 8.41. The predicted octanol–water partition coefficient (Wildman–Crippen LogP) is 4.15. The molecule has 0 radical (unpaired) electrons. The van der Waals surface area contributed by atoms with E-state index >= 15 is 0 Å². The third-order valence-electron chi connectivity index (χ3n) is 6.32. The molecule has 1 saturated heterocycles. The first kappa shape index (κ1) is 25.5. The van der Waals surface area contributed by atoms with Crippen molar-refractivity contribution in [2.45, 2.75) is 12.5 Å². The number of aliphatic hydroxyl groups excluding tert-OH is 1. The van der Waals surface area contributed by atoms with Gasteiger partial charge < -0.3 is 24.2 Å². The van der Waals surface area contributed by atoms with E-state index in [1.807, 2.05) is 12.1 Å². The molecule has 0 bridgehead atoms. The van der Waals surface area contributed by atoms with E-state index in [4.69, 9.17) is 14.2 Å². The van der Waals surface area contributed by atoms with Crippen LogP contribution in [0.1, 0.15) is 33.1 Å². The van der Waals surface area contributed by atoms with Crippen LogP contribution >= 0.6 is 0 Å². The maximum absolute atomic E-state index is 13.2. The fraction of sp³-hybridized carbons (Fsp3) is 0.207. The smallest absolute Gasteiger partial charge is 0.337 e. The van der Waals surface area contributed by atoms with Gasteiger partial charge in [0.1, 0.15) is 5.76 Å². The van der Waals surface area contributed by atoms with Crippen LogP contribution in [0.15, 0.2) is 78.4 Å². The molecule has 1 amide bonds. The first-order chi connectivity index (χ1) is 17.9. The number of rotatable bonds is 8. The number of aliphatic hydroxyl groups is 1. The van der Waals surface area contributed by atoms with Crippen LogP contribution in [0.4, 0.5) is 0 Å². The highest BCUT2D eigenvalue weighted by atomic mass is 16.5. The zero-order valence-electron chi connectivity index (χ0n) is 20.8. The Labute approximate surface area is 214 Å². The number of nitrogens with zero attached hydrogens (tertiary/aromatic N) is 1. The third kappa shape index (κ3) is 5.04. The summed E-state index contributed by atoms with van der Waals surface area (Å²) in [6, 6.07) is 19.7. The first-order valence-corrected chi connectivity index (χ1v) is 11.6. The fourth-order valence-corrected chi connectivity index (χ4v) is 4.41. The molecule has 0 aliphatic carbocycles. The lowest BCUT2D eigenvalue weighted by Gasteiger charge is -2.25. The highest BCUT2D eigenvalue weighted by Crippen LogP contribution is 2.39. The van der Waals surface area contributed by atoms with Crippen LogP contribution in [0.25, 0.3) is 5.76 Å². The van der Waals surface area contributed by atoms with Gasteiger partial charge in [-0.1, -0.05) is 48.5 Å². The minimum absolute atomic E-state index is 0.00525. The quantitative estimate of drug-likeness (QED) is 0.214. The molecule has 0 spiro atoms. The third-order valence-corrected chi connectivity index (χ3v) is 6.32. The lowest BCUT2D eigenvalue weighted by Crippen LogP contribution is -2.31. The molecule has 1 aliphatic heterocycles. The van der Waals surface area contributed by atoms with Gasteiger partial charge >= 0.3 is 5.97 Å². The molecule has 0 aromatic heterocycles. The minimum Gasteiger partial charge on any atom is -0.507 e. The van der Waals surface area contributed by atoms with Crippen LogP contribution in [-0.2, 0) is 20.7 Å². The van der Waals surface area contributed by atoms with Gasteiger partial charge in [0.05, 0.1) is 38.5 Å². The van der Waals surface area contributed by atoms with Crippen molar-refractivity contribution in [3.8, 4) is 11.5 Å². The van der Waals surface area contributed by atoms with Gasteiger partial charge in [-0.25, -0.2) is 4.79 Å². The van der Waals surface area contributed by atoms with Crippen LogP contribution in [-0.4, -0.2) is 55.5 Å². The number of likely N-dealkylation sites (tertiary alicyclic amines) is 1. The molecular formula is C29H27NO7. The first-order valence-electron chi connectivity index (χ1n) is 11.6. The highest BCUT2D eigenvalue weighted by Gasteiger charge is 2.45. The molecule has 1 N–H and O–H groups in total. The van der Waals surface area contributed by atoms with Crippen molar-refractivity contribution < 1.29 is 33.7 Å². The van der Waals surface area contributed by atoms with Crippen molar-refractivity contribution in [3.63, 3.8) is 0 Å². The summed E-state index contributed by atoms with van der Waals surface area (Å²) in [5.41, 5.74) is 2.21. The van der Waals surface area contributed by atoms with E-state index in [9.17, 15) is 19.5 Å². The van der Waals surface area contributed by atoms with Crippen LogP contribution < -0.4 is 9.47 Å². The van der Waals surface area contributed by atoms with E-state index in [1.165, 1.54) is 12.0 Å². The largest absolute Gasteiger partial charge is 0.507 e. The Morgan fingerprint density at radius 1 is 0.865 bits per heavy atom. The minimum atomic E-state index is -0.841. The molecule has 1 heterocycles. The van der Waals surface area contributed by atoms with Crippen LogP contribution in [0.2, 0.25) is 0 Å². The van der Waals surface area contributed by atoms with Gasteiger partial charge in [-0.3, -0.25) is 9.59 Å². The van der Waals surface area contributed by atoms with Gasteiger partial charge in [0, 0.05) is 12.1 Å². The number of amides is 1. The second kappa shape index (κ2) is 11.0. The van der Waals surface area contributed by atoms with E-state index in [1.54, 1.807) is 74.9 Å². The SMILES string of the molecule is COC(=O)c1ccc([C@H]2C(=C(O)c3ccccc3)C(=O)C(=O)N2CCc2ccc(OC)c(OC)c2)cc1. The van der Waals surface area contributed by atoms with E-state index in [0.717, 1.165) is 5.56 Å². The van der Waals surface area contributed by atoms with Gasteiger partial charge in [0.2, 0.25) is 0 Å². The van der Waals surface area contributed by atoms with Crippen LogP contribution in [0, 0.1) is 0 Å². The van der Waals surface area contributed by atoms with Gasteiger partial charge in [-0.05, 0) is 41.8 Å². The summed E-state index contributed by atoms with van der Waals surface area (Å²) in [6.45, 7) is 0.203. The molecule has 4 rings (SSSR count). The number of carbonyl (C=O) groups is 3. The summed E-state index contributed by atoms with van der Waals surface area (Å²) in [5, 5.41) is 11.1. The molecule has 190 valence electrons. The van der Waals surface area contributed by atoms with E-state index in [0.29, 0.717) is 34.6 Å². The highest BCUT2D eigenvalue weighted by molar-refractivity contribution is 6.46. The lowest BCUT2D eigenvalue weighted by atomic mass is 9.94. The number of hydrogen-bond acceptors (Lipinski definition) is 7. The van der Waals surface area contributed by atoms with Crippen molar-refractivity contribution in [2.24, 2.45) is 0 Å². The summed E-state index contributed by atoms with van der Waals surface area (Å²) < 4.78 is 15.4. The van der Waals surface area contributed by atoms with E-state index in [2.05, 4.69) is 0 Å². The Kier molecular flexibility index (Phi) is 7.57. The number of ether oxygens (including phenoxy) is 3. The number of esters is 1. The second-order valence-electron chi connectivity index (χ2n) is 8.41. The predicted molar refractivity (Wildman–Crippen MR) is 136 cm³/mol. The van der Waals surface area contributed by atoms with Gasteiger partial charge in [-0.15, -0.1) is 0 Å². The molecule has 0 unspecified atom stereocenters. The van der Waals surface area contributed by atoms with Gasteiger partial charge in [0.15, 0.2) is 11.5 Å². The summed E-state index contributed by atoms with van der Waals surface area (Å²) in [6.07, 6.45) is 0.426. The summed E-state index contributed by atoms with van der Waals surface area (Å²) in [5.74, 6) is -1.09. The van der Waals surface area contributed by atoms with Crippen molar-refractivity contribution >= 4 is 23.4 Å². The number of carbonyl (C=O) groups excluding carboxylic acids is 3. The van der Waals surface area contributed by atoms with Crippen LogP contribution in [0.3, 0.4) is 0 Å². The molecule has 0 saturated carbocycles. The Bertz CT molecular complexity index is 1350. The van der Waals surface area contributed by atoms with Crippen molar-refractivity contribution in [1.29, 1.82) is 0 Å². The molecule has 1 atom stereocenters. The van der Waals surface area contributed by atoms with Gasteiger partial charge in [0.25, 0.3) is 11.7 Å². The molecule has 3 aromatic carbocycles.